The molecule has 0 saturated carbocycles. The number of rotatable bonds is 4. The molecule has 0 heterocycles. The lowest BCUT2D eigenvalue weighted by Crippen LogP contribution is -1.88. The summed E-state index contributed by atoms with van der Waals surface area (Å²) in [4.78, 5) is 10.2. The average Bonchev–Trinajstić information content (AvgIpc) is 2.15. The van der Waals surface area contributed by atoms with E-state index in [4.69, 9.17) is 0 Å². The van der Waals surface area contributed by atoms with E-state index in [9.17, 15) is 4.79 Å². The number of halogens is 2. The standard InChI is InChI=1S/C10H10Br2O/c11-7-9-4-3-8(2-1-5-13)6-10(9)12/h3-6H,1-2,7H2. The number of hydrogen-bond acceptors (Lipinski definition) is 1. The third-order valence-electron chi connectivity index (χ3n) is 1.81. The number of carbonyl (C=O) groups is 1. The van der Waals surface area contributed by atoms with Gasteiger partial charge in [0.15, 0.2) is 0 Å². The minimum absolute atomic E-state index is 0.597. The Kier molecular flexibility index (Phi) is 4.67. The van der Waals surface area contributed by atoms with Crippen molar-refractivity contribution in [2.24, 2.45) is 0 Å². The summed E-state index contributed by atoms with van der Waals surface area (Å²) in [6.45, 7) is 0. The van der Waals surface area contributed by atoms with Crippen molar-refractivity contribution in [2.75, 3.05) is 0 Å². The van der Waals surface area contributed by atoms with Gasteiger partial charge in [-0.05, 0) is 23.6 Å². The molecule has 70 valence electrons. The predicted octanol–water partition coefficient (Wildman–Crippen LogP) is 3.48. The molecule has 0 spiro atoms. The van der Waals surface area contributed by atoms with Gasteiger partial charge in [0.05, 0.1) is 0 Å². The van der Waals surface area contributed by atoms with Crippen LogP contribution in [-0.2, 0) is 16.5 Å². The Morgan fingerprint density at radius 1 is 1.38 bits per heavy atom. The molecule has 0 N–H and O–H groups in total. The van der Waals surface area contributed by atoms with Crippen molar-refractivity contribution >= 4 is 38.1 Å². The fraction of sp³-hybridized carbons (Fsp3) is 0.300. The summed E-state index contributed by atoms with van der Waals surface area (Å²) in [5.74, 6) is 0. The van der Waals surface area contributed by atoms with Crippen LogP contribution in [0.5, 0.6) is 0 Å². The molecule has 0 amide bonds. The maximum absolute atomic E-state index is 10.2. The van der Waals surface area contributed by atoms with Crippen molar-refractivity contribution in [1.82, 2.24) is 0 Å². The lowest BCUT2D eigenvalue weighted by Gasteiger charge is -2.03. The smallest absolute Gasteiger partial charge is 0.120 e. The summed E-state index contributed by atoms with van der Waals surface area (Å²) >= 11 is 6.88. The second-order valence-corrected chi connectivity index (χ2v) is 4.18. The van der Waals surface area contributed by atoms with Gasteiger partial charge in [0.2, 0.25) is 0 Å². The van der Waals surface area contributed by atoms with Gasteiger partial charge in [0, 0.05) is 16.2 Å². The first kappa shape index (κ1) is 10.9. The monoisotopic (exact) mass is 304 g/mol. The second-order valence-electron chi connectivity index (χ2n) is 2.76. The summed E-state index contributed by atoms with van der Waals surface area (Å²) in [7, 11) is 0. The molecular weight excluding hydrogens is 296 g/mol. The summed E-state index contributed by atoms with van der Waals surface area (Å²) in [6.07, 6.45) is 2.37. The molecule has 13 heavy (non-hydrogen) atoms. The van der Waals surface area contributed by atoms with E-state index in [1.54, 1.807) is 0 Å². The highest BCUT2D eigenvalue weighted by molar-refractivity contribution is 9.10. The molecule has 1 nitrogen and oxygen atoms in total. The molecule has 1 rings (SSSR count). The van der Waals surface area contributed by atoms with Gasteiger partial charge >= 0.3 is 0 Å². The first-order valence-electron chi connectivity index (χ1n) is 4.05. The van der Waals surface area contributed by atoms with E-state index in [1.165, 1.54) is 11.1 Å². The normalized spacial score (nSPS) is 10.0. The van der Waals surface area contributed by atoms with Gasteiger partial charge in [-0.3, -0.25) is 0 Å². The molecule has 0 aliphatic heterocycles. The first-order valence-corrected chi connectivity index (χ1v) is 5.96. The maximum Gasteiger partial charge on any atom is 0.120 e. The van der Waals surface area contributed by atoms with E-state index in [2.05, 4.69) is 50.1 Å². The largest absolute Gasteiger partial charge is 0.303 e. The van der Waals surface area contributed by atoms with Crippen molar-refractivity contribution in [1.29, 1.82) is 0 Å². The number of aryl methyl sites for hydroxylation is 1. The van der Waals surface area contributed by atoms with Crippen LogP contribution >= 0.6 is 31.9 Å². The summed E-state index contributed by atoms with van der Waals surface area (Å²) < 4.78 is 1.10. The molecule has 0 aliphatic rings. The number of aldehydes is 1. The van der Waals surface area contributed by atoms with Crippen LogP contribution in [-0.4, -0.2) is 6.29 Å². The van der Waals surface area contributed by atoms with Gasteiger partial charge < -0.3 is 4.79 Å². The molecule has 1 aromatic rings. The Morgan fingerprint density at radius 3 is 2.69 bits per heavy atom. The van der Waals surface area contributed by atoms with Crippen LogP contribution < -0.4 is 0 Å². The fourth-order valence-electron chi connectivity index (χ4n) is 1.08. The highest BCUT2D eigenvalue weighted by Gasteiger charge is 1.99. The molecule has 0 atom stereocenters. The zero-order chi connectivity index (χ0) is 9.68. The summed E-state index contributed by atoms with van der Waals surface area (Å²) in [5.41, 5.74) is 2.43. The van der Waals surface area contributed by atoms with Gasteiger partial charge in [-0.1, -0.05) is 44.0 Å². The molecule has 0 radical (unpaired) electrons. The van der Waals surface area contributed by atoms with Crippen LogP contribution in [0.4, 0.5) is 0 Å². The van der Waals surface area contributed by atoms with Crippen LogP contribution in [0, 0.1) is 0 Å². The third kappa shape index (κ3) is 3.24. The SMILES string of the molecule is O=CCCc1ccc(CBr)c(Br)c1. The molecule has 3 heteroatoms. The third-order valence-corrected chi connectivity index (χ3v) is 3.15. The lowest BCUT2D eigenvalue weighted by atomic mass is 10.1. The van der Waals surface area contributed by atoms with Crippen molar-refractivity contribution in [3.05, 3.63) is 33.8 Å². The Hall–Kier alpha value is -0.150. The van der Waals surface area contributed by atoms with E-state index >= 15 is 0 Å². The van der Waals surface area contributed by atoms with Crippen LogP contribution in [0.25, 0.3) is 0 Å². The first-order chi connectivity index (χ1) is 6.27. The number of alkyl halides is 1. The Labute approximate surface area is 94.8 Å². The Balaban J connectivity index is 2.76. The molecular formula is C10H10Br2O. The van der Waals surface area contributed by atoms with Gasteiger partial charge in [-0.2, -0.15) is 0 Å². The van der Waals surface area contributed by atoms with Gasteiger partial charge in [-0.25, -0.2) is 0 Å². The molecule has 0 saturated heterocycles. The zero-order valence-electron chi connectivity index (χ0n) is 7.09. The van der Waals surface area contributed by atoms with Gasteiger partial charge in [0.1, 0.15) is 6.29 Å². The molecule has 0 bridgehead atoms. The average molecular weight is 306 g/mol. The molecule has 0 aliphatic carbocycles. The van der Waals surface area contributed by atoms with Crippen LogP contribution in [0.15, 0.2) is 22.7 Å². The number of benzene rings is 1. The van der Waals surface area contributed by atoms with E-state index in [0.717, 1.165) is 22.5 Å². The maximum atomic E-state index is 10.2. The van der Waals surface area contributed by atoms with E-state index < -0.39 is 0 Å². The predicted molar refractivity (Wildman–Crippen MR) is 61.2 cm³/mol. The molecule has 1 aromatic carbocycles. The van der Waals surface area contributed by atoms with Crippen LogP contribution in [0.3, 0.4) is 0 Å². The van der Waals surface area contributed by atoms with Crippen molar-refractivity contribution in [2.45, 2.75) is 18.2 Å². The van der Waals surface area contributed by atoms with Gasteiger partial charge in [-0.15, -0.1) is 0 Å². The van der Waals surface area contributed by atoms with E-state index in [-0.39, 0.29) is 0 Å². The van der Waals surface area contributed by atoms with Gasteiger partial charge in [0.25, 0.3) is 0 Å². The quantitative estimate of drug-likeness (QED) is 0.615. The van der Waals surface area contributed by atoms with Crippen LogP contribution in [0.2, 0.25) is 0 Å². The minimum atomic E-state index is 0.597. The number of carbonyl (C=O) groups excluding carboxylic acids is 1. The fourth-order valence-corrected chi connectivity index (χ4v) is 2.51. The van der Waals surface area contributed by atoms with Crippen molar-refractivity contribution < 1.29 is 4.79 Å². The van der Waals surface area contributed by atoms with Crippen molar-refractivity contribution in [3.8, 4) is 0 Å². The molecule has 0 unspecified atom stereocenters. The summed E-state index contributed by atoms with van der Waals surface area (Å²) in [6, 6.07) is 6.20. The highest BCUT2D eigenvalue weighted by Crippen LogP contribution is 2.21. The zero-order valence-corrected chi connectivity index (χ0v) is 10.3. The molecule has 0 fully saturated rings. The number of hydrogen-bond donors (Lipinski definition) is 0. The highest BCUT2D eigenvalue weighted by atomic mass is 79.9. The van der Waals surface area contributed by atoms with E-state index in [1.807, 2.05) is 0 Å². The van der Waals surface area contributed by atoms with Crippen LogP contribution in [0.1, 0.15) is 17.5 Å². The van der Waals surface area contributed by atoms with E-state index in [0.29, 0.717) is 6.42 Å². The molecule has 0 aromatic heterocycles. The Morgan fingerprint density at radius 2 is 2.15 bits per heavy atom. The van der Waals surface area contributed by atoms with Crippen molar-refractivity contribution in [3.63, 3.8) is 0 Å². The minimum Gasteiger partial charge on any atom is -0.303 e. The lowest BCUT2D eigenvalue weighted by molar-refractivity contribution is -0.107. The summed E-state index contributed by atoms with van der Waals surface area (Å²) in [5, 5.41) is 0.849. The second kappa shape index (κ2) is 5.55. The topological polar surface area (TPSA) is 17.1 Å². The Bertz CT molecular complexity index is 297.